The fourth-order valence-corrected chi connectivity index (χ4v) is 9.19. The van der Waals surface area contributed by atoms with Crippen molar-refractivity contribution in [2.24, 2.45) is 0 Å². The van der Waals surface area contributed by atoms with E-state index in [9.17, 15) is 0 Å². The molecule has 0 fully saturated rings. The van der Waals surface area contributed by atoms with E-state index < -0.39 is 0 Å². The van der Waals surface area contributed by atoms with Gasteiger partial charge in [-0.05, 0) is 93.5 Å². The first-order valence-electron chi connectivity index (χ1n) is 18.5. The number of aromatic nitrogens is 2. The van der Waals surface area contributed by atoms with Gasteiger partial charge in [-0.3, -0.25) is 0 Å². The van der Waals surface area contributed by atoms with Crippen LogP contribution in [0.5, 0.6) is 0 Å². The van der Waals surface area contributed by atoms with Crippen molar-refractivity contribution >= 4 is 43.6 Å². The molecule has 0 saturated heterocycles. The molecule has 0 radical (unpaired) electrons. The first-order valence-corrected chi connectivity index (χ1v) is 18.5. The van der Waals surface area contributed by atoms with E-state index in [2.05, 4.69) is 205 Å². The second kappa shape index (κ2) is 11.2. The molecule has 0 atom stereocenters. The third kappa shape index (κ3) is 4.33. The Labute approximate surface area is 308 Å². The molecule has 2 nitrogen and oxygen atoms in total. The topological polar surface area (TPSA) is 9.86 Å². The van der Waals surface area contributed by atoms with E-state index in [0.29, 0.717) is 0 Å². The molecule has 0 amide bonds. The maximum atomic E-state index is 2.52. The van der Waals surface area contributed by atoms with Crippen LogP contribution in [0.4, 0.5) is 0 Å². The van der Waals surface area contributed by atoms with Crippen molar-refractivity contribution < 1.29 is 0 Å². The third-order valence-corrected chi connectivity index (χ3v) is 11.7. The zero-order valence-corrected chi connectivity index (χ0v) is 29.7. The van der Waals surface area contributed by atoms with E-state index in [1.807, 2.05) is 0 Å². The third-order valence-electron chi connectivity index (χ3n) is 11.7. The van der Waals surface area contributed by atoms with Crippen LogP contribution in [0.15, 0.2) is 182 Å². The predicted molar refractivity (Wildman–Crippen MR) is 224 cm³/mol. The van der Waals surface area contributed by atoms with Crippen molar-refractivity contribution in [2.75, 3.05) is 0 Å². The first-order chi connectivity index (χ1) is 26.1. The van der Waals surface area contributed by atoms with Gasteiger partial charge in [0.15, 0.2) is 0 Å². The van der Waals surface area contributed by atoms with Gasteiger partial charge in [0.25, 0.3) is 0 Å². The zero-order chi connectivity index (χ0) is 35.3. The van der Waals surface area contributed by atoms with Crippen LogP contribution in [0.25, 0.3) is 88.4 Å². The molecule has 10 aromatic rings. The standard InChI is InChI=1S/C51H36N2/c1-51(2)44-22-12-9-19-38(44)41-31-43-40-21-11-14-24-47(40)53(50(43)32-45(41)51)49-30-35(25-27-37(49)33-15-5-3-6-16-33)34-26-28-48-42(29-34)39-20-10-13-23-46(39)52(48)36-17-7-4-8-18-36/h3-32H,1-2H3. The summed E-state index contributed by atoms with van der Waals surface area (Å²) in [6.45, 7) is 4.74. The molecule has 2 aromatic heterocycles. The summed E-state index contributed by atoms with van der Waals surface area (Å²) >= 11 is 0. The minimum absolute atomic E-state index is 0.0974. The van der Waals surface area contributed by atoms with Gasteiger partial charge in [-0.15, -0.1) is 0 Å². The van der Waals surface area contributed by atoms with E-state index in [1.54, 1.807) is 0 Å². The second-order valence-corrected chi connectivity index (χ2v) is 15.0. The van der Waals surface area contributed by atoms with Gasteiger partial charge in [0, 0.05) is 38.2 Å². The molecule has 1 aliphatic carbocycles. The van der Waals surface area contributed by atoms with Crippen LogP contribution < -0.4 is 0 Å². The molecule has 2 heteroatoms. The zero-order valence-electron chi connectivity index (χ0n) is 29.7. The SMILES string of the molecule is CC1(C)c2ccccc2-c2cc3c4ccccc4n(-c4cc(-c5ccc6c(c5)c5ccccc5n6-c5ccccc5)ccc4-c4ccccc4)c3cc21. The van der Waals surface area contributed by atoms with Crippen molar-refractivity contribution in [1.29, 1.82) is 0 Å². The summed E-state index contributed by atoms with van der Waals surface area (Å²) in [5, 5.41) is 5.07. The van der Waals surface area contributed by atoms with Gasteiger partial charge in [0.1, 0.15) is 0 Å². The molecule has 0 spiro atoms. The highest BCUT2D eigenvalue weighted by molar-refractivity contribution is 6.13. The van der Waals surface area contributed by atoms with Gasteiger partial charge >= 0.3 is 0 Å². The number of hydrogen-bond donors (Lipinski definition) is 0. The van der Waals surface area contributed by atoms with Gasteiger partial charge in [-0.25, -0.2) is 0 Å². The van der Waals surface area contributed by atoms with E-state index in [-0.39, 0.29) is 5.41 Å². The van der Waals surface area contributed by atoms with Gasteiger partial charge in [0.05, 0.1) is 27.8 Å². The van der Waals surface area contributed by atoms with Crippen molar-refractivity contribution in [3.8, 4) is 44.8 Å². The smallest absolute Gasteiger partial charge is 0.0546 e. The molecular weight excluding hydrogens is 641 g/mol. The first kappa shape index (κ1) is 30.0. The number of para-hydroxylation sites is 3. The lowest BCUT2D eigenvalue weighted by atomic mass is 9.82. The monoisotopic (exact) mass is 676 g/mol. The van der Waals surface area contributed by atoms with Gasteiger partial charge in [-0.1, -0.05) is 141 Å². The number of hydrogen-bond acceptors (Lipinski definition) is 0. The van der Waals surface area contributed by atoms with Crippen LogP contribution in [0, 0.1) is 0 Å². The van der Waals surface area contributed by atoms with Gasteiger partial charge in [0.2, 0.25) is 0 Å². The Kier molecular flexibility index (Phi) is 6.33. The lowest BCUT2D eigenvalue weighted by Crippen LogP contribution is -2.15. The molecule has 0 saturated carbocycles. The average molecular weight is 677 g/mol. The number of benzene rings is 8. The van der Waals surface area contributed by atoms with Crippen molar-refractivity contribution in [2.45, 2.75) is 19.3 Å². The Morgan fingerprint density at radius 1 is 0.340 bits per heavy atom. The second-order valence-electron chi connectivity index (χ2n) is 15.0. The van der Waals surface area contributed by atoms with E-state index >= 15 is 0 Å². The minimum atomic E-state index is -0.0974. The number of rotatable bonds is 4. The largest absolute Gasteiger partial charge is 0.309 e. The summed E-state index contributed by atoms with van der Waals surface area (Å²) in [4.78, 5) is 0. The van der Waals surface area contributed by atoms with Crippen molar-refractivity contribution in [3.05, 3.63) is 193 Å². The van der Waals surface area contributed by atoms with Crippen LogP contribution >= 0.6 is 0 Å². The molecule has 11 rings (SSSR count). The summed E-state index contributed by atoms with van der Waals surface area (Å²) < 4.78 is 4.91. The highest BCUT2D eigenvalue weighted by Crippen LogP contribution is 2.51. The molecule has 8 aromatic carbocycles. The molecule has 53 heavy (non-hydrogen) atoms. The highest BCUT2D eigenvalue weighted by Gasteiger charge is 2.36. The summed E-state index contributed by atoms with van der Waals surface area (Å²) in [6, 6.07) is 67.1. The van der Waals surface area contributed by atoms with Crippen LogP contribution in [0.2, 0.25) is 0 Å². The van der Waals surface area contributed by atoms with E-state index in [0.717, 1.165) is 0 Å². The average Bonchev–Trinajstić information content (AvgIpc) is 3.80. The maximum absolute atomic E-state index is 2.52. The van der Waals surface area contributed by atoms with Crippen LogP contribution in [-0.4, -0.2) is 9.13 Å². The quantitative estimate of drug-likeness (QED) is 0.176. The Balaban J connectivity index is 1.18. The Hall–Kier alpha value is -6.64. The van der Waals surface area contributed by atoms with E-state index in [4.69, 9.17) is 0 Å². The molecular formula is C51H36N2. The lowest BCUT2D eigenvalue weighted by Gasteiger charge is -2.22. The lowest BCUT2D eigenvalue weighted by molar-refractivity contribution is 0.661. The molecule has 2 heterocycles. The Bertz CT molecular complexity index is 3070. The fraction of sp³-hybridized carbons (Fsp3) is 0.0588. The van der Waals surface area contributed by atoms with Crippen LogP contribution in [0.3, 0.4) is 0 Å². The summed E-state index contributed by atoms with van der Waals surface area (Å²) in [7, 11) is 0. The highest BCUT2D eigenvalue weighted by atomic mass is 15.0. The van der Waals surface area contributed by atoms with Crippen LogP contribution in [-0.2, 0) is 5.41 Å². The molecule has 0 unspecified atom stereocenters. The summed E-state index contributed by atoms with van der Waals surface area (Å²) in [6.07, 6.45) is 0. The molecule has 1 aliphatic rings. The van der Waals surface area contributed by atoms with Crippen LogP contribution in [0.1, 0.15) is 25.0 Å². The summed E-state index contributed by atoms with van der Waals surface area (Å²) in [5.74, 6) is 0. The Morgan fingerprint density at radius 3 is 1.70 bits per heavy atom. The number of fused-ring (bicyclic) bond motifs is 9. The predicted octanol–water partition coefficient (Wildman–Crippen LogP) is 13.5. The van der Waals surface area contributed by atoms with Crippen molar-refractivity contribution in [3.63, 3.8) is 0 Å². The molecule has 0 N–H and O–H groups in total. The maximum Gasteiger partial charge on any atom is 0.0546 e. The van der Waals surface area contributed by atoms with Crippen molar-refractivity contribution in [1.82, 2.24) is 9.13 Å². The molecule has 0 aliphatic heterocycles. The summed E-state index contributed by atoms with van der Waals surface area (Å²) in [5.41, 5.74) is 17.4. The molecule has 250 valence electrons. The molecule has 0 bridgehead atoms. The van der Waals surface area contributed by atoms with E-state index in [1.165, 1.54) is 99.5 Å². The minimum Gasteiger partial charge on any atom is -0.309 e. The van der Waals surface area contributed by atoms with Gasteiger partial charge < -0.3 is 9.13 Å². The Morgan fingerprint density at radius 2 is 0.925 bits per heavy atom. The fourth-order valence-electron chi connectivity index (χ4n) is 9.19. The van der Waals surface area contributed by atoms with Gasteiger partial charge in [-0.2, -0.15) is 0 Å². The number of nitrogens with zero attached hydrogens (tertiary/aromatic N) is 2. The normalized spacial score (nSPS) is 13.2.